The third kappa shape index (κ3) is 2.73. The van der Waals surface area contributed by atoms with E-state index >= 15 is 0 Å². The maximum absolute atomic E-state index is 13.0. The van der Waals surface area contributed by atoms with Gasteiger partial charge in [-0.1, -0.05) is 6.07 Å². The maximum atomic E-state index is 13.0. The molecule has 1 aromatic heterocycles. The maximum Gasteiger partial charge on any atom is 0.252 e. The zero-order valence-corrected chi connectivity index (χ0v) is 10.9. The van der Waals surface area contributed by atoms with Gasteiger partial charge in [0.05, 0.1) is 5.54 Å². The average molecular weight is 264 g/mol. The number of thiazole rings is 1. The van der Waals surface area contributed by atoms with Crippen LogP contribution in [-0.4, -0.2) is 10.9 Å². The van der Waals surface area contributed by atoms with Crippen LogP contribution in [0.15, 0.2) is 35.8 Å². The molecule has 0 atom stereocenters. The topological polar surface area (TPSA) is 42.0 Å². The number of rotatable bonds is 3. The second kappa shape index (κ2) is 4.86. The predicted octanol–water partition coefficient (Wildman–Crippen LogP) is 2.95. The van der Waals surface area contributed by atoms with Crippen LogP contribution in [-0.2, 0) is 5.54 Å². The number of aromatic nitrogens is 1. The van der Waals surface area contributed by atoms with Crippen LogP contribution in [0.1, 0.15) is 29.2 Å². The second-order valence-corrected chi connectivity index (χ2v) is 5.32. The van der Waals surface area contributed by atoms with Crippen LogP contribution in [0.5, 0.6) is 0 Å². The van der Waals surface area contributed by atoms with Crippen molar-refractivity contribution < 1.29 is 9.18 Å². The molecule has 0 saturated heterocycles. The lowest BCUT2D eigenvalue weighted by atomic mass is 10.1. The first kappa shape index (κ1) is 12.7. The van der Waals surface area contributed by atoms with Crippen molar-refractivity contribution in [3.05, 3.63) is 52.2 Å². The number of benzene rings is 1. The molecule has 0 fully saturated rings. The Morgan fingerprint density at radius 3 is 2.83 bits per heavy atom. The van der Waals surface area contributed by atoms with Crippen LogP contribution >= 0.6 is 11.3 Å². The molecule has 0 aliphatic heterocycles. The smallest absolute Gasteiger partial charge is 0.252 e. The molecule has 3 nitrogen and oxygen atoms in total. The summed E-state index contributed by atoms with van der Waals surface area (Å²) in [6, 6.07) is 5.62. The minimum Gasteiger partial charge on any atom is -0.341 e. The number of carbonyl (C=O) groups excluding carboxylic acids is 1. The Balaban J connectivity index is 2.17. The third-order valence-electron chi connectivity index (χ3n) is 2.48. The van der Waals surface area contributed by atoms with Crippen molar-refractivity contribution in [2.45, 2.75) is 19.4 Å². The first-order valence-corrected chi connectivity index (χ1v) is 6.35. The Morgan fingerprint density at radius 1 is 1.44 bits per heavy atom. The van der Waals surface area contributed by atoms with Gasteiger partial charge >= 0.3 is 0 Å². The van der Waals surface area contributed by atoms with E-state index < -0.39 is 11.4 Å². The van der Waals surface area contributed by atoms with E-state index in [1.54, 1.807) is 12.3 Å². The highest BCUT2D eigenvalue weighted by atomic mass is 32.1. The number of halogens is 1. The van der Waals surface area contributed by atoms with Crippen molar-refractivity contribution in [3.8, 4) is 0 Å². The molecular formula is C13H13FN2OS. The van der Waals surface area contributed by atoms with E-state index in [9.17, 15) is 9.18 Å². The Kier molecular flexibility index (Phi) is 3.43. The van der Waals surface area contributed by atoms with Crippen molar-refractivity contribution in [2.75, 3.05) is 0 Å². The lowest BCUT2D eigenvalue weighted by Gasteiger charge is -2.23. The average Bonchev–Trinajstić information content (AvgIpc) is 2.82. The SMILES string of the molecule is CC(C)(NC(=O)c1cccc(F)c1)c1nccs1. The van der Waals surface area contributed by atoms with Gasteiger partial charge in [0.2, 0.25) is 0 Å². The molecule has 1 amide bonds. The number of carbonyl (C=O) groups is 1. The second-order valence-electron chi connectivity index (χ2n) is 4.43. The standard InChI is InChI=1S/C13H13FN2OS/c1-13(2,12-15-6-7-18-12)16-11(17)9-4-3-5-10(14)8-9/h3-8H,1-2H3,(H,16,17). The lowest BCUT2D eigenvalue weighted by Crippen LogP contribution is -2.40. The van der Waals surface area contributed by atoms with Gasteiger partial charge in [0.1, 0.15) is 10.8 Å². The van der Waals surface area contributed by atoms with Gasteiger partial charge in [0.15, 0.2) is 0 Å². The van der Waals surface area contributed by atoms with Crippen LogP contribution < -0.4 is 5.32 Å². The van der Waals surface area contributed by atoms with E-state index in [0.717, 1.165) is 5.01 Å². The highest BCUT2D eigenvalue weighted by Gasteiger charge is 2.25. The summed E-state index contributed by atoms with van der Waals surface area (Å²) in [4.78, 5) is 16.2. The van der Waals surface area contributed by atoms with E-state index in [1.807, 2.05) is 19.2 Å². The molecular weight excluding hydrogens is 251 g/mol. The minimum atomic E-state index is -0.572. The minimum absolute atomic E-state index is 0.305. The van der Waals surface area contributed by atoms with Gasteiger partial charge in [0, 0.05) is 17.1 Å². The van der Waals surface area contributed by atoms with Gasteiger partial charge in [-0.05, 0) is 32.0 Å². The van der Waals surface area contributed by atoms with Crippen LogP contribution in [0, 0.1) is 5.82 Å². The molecule has 0 unspecified atom stereocenters. The quantitative estimate of drug-likeness (QED) is 0.926. The van der Waals surface area contributed by atoms with Gasteiger partial charge in [-0.3, -0.25) is 4.79 Å². The van der Waals surface area contributed by atoms with Crippen LogP contribution in [0.25, 0.3) is 0 Å². The van der Waals surface area contributed by atoms with Gasteiger partial charge in [-0.15, -0.1) is 11.3 Å². The van der Waals surface area contributed by atoms with Gasteiger partial charge in [-0.2, -0.15) is 0 Å². The normalized spacial score (nSPS) is 11.3. The summed E-state index contributed by atoms with van der Waals surface area (Å²) in [5.41, 5.74) is -0.267. The van der Waals surface area contributed by atoms with E-state index in [-0.39, 0.29) is 5.91 Å². The zero-order valence-electron chi connectivity index (χ0n) is 10.1. The fourth-order valence-electron chi connectivity index (χ4n) is 1.57. The van der Waals surface area contributed by atoms with Gasteiger partial charge in [-0.25, -0.2) is 9.37 Å². The van der Waals surface area contributed by atoms with Crippen LogP contribution in [0.3, 0.4) is 0 Å². The van der Waals surface area contributed by atoms with Crippen molar-refractivity contribution in [1.29, 1.82) is 0 Å². The molecule has 18 heavy (non-hydrogen) atoms. The van der Waals surface area contributed by atoms with Crippen molar-refractivity contribution >= 4 is 17.2 Å². The summed E-state index contributed by atoms with van der Waals surface area (Å²) in [5, 5.41) is 5.51. The molecule has 2 rings (SSSR count). The zero-order chi connectivity index (χ0) is 13.2. The largest absolute Gasteiger partial charge is 0.341 e. The summed E-state index contributed by atoms with van der Waals surface area (Å²) < 4.78 is 13.0. The summed E-state index contributed by atoms with van der Waals surface area (Å²) >= 11 is 1.47. The monoisotopic (exact) mass is 264 g/mol. The number of nitrogens with one attached hydrogen (secondary N) is 1. The number of hydrogen-bond donors (Lipinski definition) is 1. The predicted molar refractivity (Wildman–Crippen MR) is 69.0 cm³/mol. The van der Waals surface area contributed by atoms with Crippen molar-refractivity contribution in [2.24, 2.45) is 0 Å². The number of amides is 1. The highest BCUT2D eigenvalue weighted by Crippen LogP contribution is 2.22. The Hall–Kier alpha value is -1.75. The summed E-state index contributed by atoms with van der Waals surface area (Å²) in [7, 11) is 0. The molecule has 2 aromatic rings. The van der Waals surface area contributed by atoms with Crippen molar-refractivity contribution in [3.63, 3.8) is 0 Å². The summed E-state index contributed by atoms with van der Waals surface area (Å²) in [5.74, 6) is -0.732. The lowest BCUT2D eigenvalue weighted by molar-refractivity contribution is 0.0911. The van der Waals surface area contributed by atoms with E-state index in [0.29, 0.717) is 5.56 Å². The molecule has 0 bridgehead atoms. The van der Waals surface area contributed by atoms with E-state index in [4.69, 9.17) is 0 Å². The third-order valence-corrected chi connectivity index (χ3v) is 3.58. The Labute approximate surface area is 109 Å². The molecule has 0 aliphatic carbocycles. The van der Waals surface area contributed by atoms with E-state index in [2.05, 4.69) is 10.3 Å². The highest BCUT2D eigenvalue weighted by molar-refractivity contribution is 7.09. The van der Waals surface area contributed by atoms with Gasteiger partial charge in [0.25, 0.3) is 5.91 Å². The summed E-state index contributed by atoms with van der Waals surface area (Å²) in [6.07, 6.45) is 1.69. The van der Waals surface area contributed by atoms with Gasteiger partial charge < -0.3 is 5.32 Å². The molecule has 0 aliphatic rings. The molecule has 0 spiro atoms. The number of nitrogens with zero attached hydrogens (tertiary/aromatic N) is 1. The number of hydrogen-bond acceptors (Lipinski definition) is 3. The molecule has 1 N–H and O–H groups in total. The first-order chi connectivity index (χ1) is 8.49. The van der Waals surface area contributed by atoms with Crippen molar-refractivity contribution in [1.82, 2.24) is 10.3 Å². The molecule has 1 heterocycles. The fraction of sp³-hybridized carbons (Fsp3) is 0.231. The Morgan fingerprint density at radius 2 is 2.22 bits per heavy atom. The van der Waals surface area contributed by atoms with Crippen LogP contribution in [0.4, 0.5) is 4.39 Å². The summed E-state index contributed by atoms with van der Waals surface area (Å²) in [6.45, 7) is 3.73. The van der Waals surface area contributed by atoms with E-state index in [1.165, 1.54) is 29.5 Å². The molecule has 0 radical (unpaired) electrons. The Bertz CT molecular complexity index is 552. The molecule has 1 aromatic carbocycles. The fourth-order valence-corrected chi connectivity index (χ4v) is 2.29. The molecule has 5 heteroatoms. The molecule has 0 saturated carbocycles. The van der Waals surface area contributed by atoms with Crippen LogP contribution in [0.2, 0.25) is 0 Å². The molecule has 94 valence electrons. The first-order valence-electron chi connectivity index (χ1n) is 5.47.